The molecule has 4 aromatic rings. The average Bonchev–Trinajstić information content (AvgIpc) is 2.80. The van der Waals surface area contributed by atoms with E-state index in [4.69, 9.17) is 0 Å². The Balaban J connectivity index is 2.08. The van der Waals surface area contributed by atoms with Crippen LogP contribution >= 0.6 is 31.9 Å². The third-order valence-electron chi connectivity index (χ3n) is 6.55. The molecule has 0 fully saturated rings. The molecule has 0 aliphatic carbocycles. The maximum absolute atomic E-state index is 3.64. The van der Waals surface area contributed by atoms with Crippen molar-refractivity contribution in [1.82, 2.24) is 0 Å². The van der Waals surface area contributed by atoms with Crippen molar-refractivity contribution in [3.8, 4) is 0 Å². The van der Waals surface area contributed by atoms with Crippen molar-refractivity contribution in [2.75, 3.05) is 0 Å². The second-order valence-electron chi connectivity index (χ2n) is 8.00. The summed E-state index contributed by atoms with van der Waals surface area (Å²) in [5.41, 5.74) is 0. The summed E-state index contributed by atoms with van der Waals surface area (Å²) >= 11 is 7.28. The molecule has 0 bridgehead atoms. The van der Waals surface area contributed by atoms with E-state index in [2.05, 4.69) is 154 Å². The lowest BCUT2D eigenvalue weighted by Crippen LogP contribution is -2.82. The Morgan fingerprint density at radius 2 is 0.667 bits per heavy atom. The molecule has 0 aliphatic rings. The lowest BCUT2D eigenvalue weighted by atomic mass is 10.4. The smallest absolute Gasteiger partial charge is 0.0628 e. The van der Waals surface area contributed by atoms with Crippen LogP contribution in [-0.2, 0) is 0 Å². The van der Waals surface area contributed by atoms with E-state index < -0.39 is 15.2 Å². The van der Waals surface area contributed by atoms with Crippen LogP contribution in [0.3, 0.4) is 0 Å². The molecule has 0 nitrogen and oxygen atoms in total. The fourth-order valence-corrected chi connectivity index (χ4v) is 20.4. The first-order valence-electron chi connectivity index (χ1n) is 10.1. The third kappa shape index (κ3) is 3.71. The Labute approximate surface area is 198 Å². The number of benzene rings is 4. The molecular weight excluding hydrogens is 528 g/mol. The lowest BCUT2D eigenvalue weighted by molar-refractivity contribution is 1.64. The number of hydrogen-bond acceptors (Lipinski definition) is 0. The molecule has 0 radical (unpaired) electrons. The molecule has 2 unspecified atom stereocenters. The van der Waals surface area contributed by atoms with Gasteiger partial charge in [-0.2, -0.15) is 0 Å². The summed E-state index contributed by atoms with van der Waals surface area (Å²) in [6, 6.07) is 40.6. The molecule has 4 rings (SSSR count). The van der Waals surface area contributed by atoms with E-state index in [1.54, 1.807) is 0 Å². The van der Waals surface area contributed by atoms with Gasteiger partial charge in [0.15, 0.2) is 0 Å². The Hall–Kier alpha value is -1.73. The molecular formula is C26H24Br2Si2. The van der Waals surface area contributed by atoms with Gasteiger partial charge in [-0.1, -0.05) is 151 Å². The standard InChI is InChI=1S/C26H24Br2Si2/c1-29(23-9-5-3-6-10-23,25-17-13-21(27)14-18-25)30(2,24-11-7-4-8-12-24)26-19-15-22(28)16-20-26/h3-20H,1-2H3. The van der Waals surface area contributed by atoms with Gasteiger partial charge in [-0.3, -0.25) is 0 Å². The maximum atomic E-state index is 3.64. The molecule has 150 valence electrons. The summed E-state index contributed by atoms with van der Waals surface area (Å²) in [7, 11) is -4.35. The van der Waals surface area contributed by atoms with Gasteiger partial charge in [-0.15, -0.1) is 0 Å². The maximum Gasteiger partial charge on any atom is 0.118 e. The Bertz CT molecular complexity index is 1020. The summed E-state index contributed by atoms with van der Waals surface area (Å²) in [6.45, 7) is 5.15. The van der Waals surface area contributed by atoms with Crippen molar-refractivity contribution in [3.05, 3.63) is 118 Å². The zero-order chi connectivity index (χ0) is 21.2. The number of hydrogen-bond donors (Lipinski definition) is 0. The van der Waals surface area contributed by atoms with Gasteiger partial charge in [0.05, 0.1) is 0 Å². The second kappa shape index (κ2) is 8.79. The van der Waals surface area contributed by atoms with E-state index in [9.17, 15) is 0 Å². The van der Waals surface area contributed by atoms with E-state index in [1.165, 1.54) is 20.7 Å². The van der Waals surface area contributed by atoms with Crippen LogP contribution in [0.15, 0.2) is 118 Å². The van der Waals surface area contributed by atoms with Crippen molar-refractivity contribution >= 4 is 67.8 Å². The molecule has 2 atom stereocenters. The number of halogens is 2. The van der Waals surface area contributed by atoms with Crippen molar-refractivity contribution < 1.29 is 0 Å². The van der Waals surface area contributed by atoms with E-state index in [0.29, 0.717) is 0 Å². The molecule has 0 saturated heterocycles. The minimum Gasteiger partial charge on any atom is -0.0628 e. The Morgan fingerprint density at radius 3 is 0.967 bits per heavy atom. The van der Waals surface area contributed by atoms with Crippen LogP contribution in [0.5, 0.6) is 0 Å². The van der Waals surface area contributed by atoms with Gasteiger partial charge in [0, 0.05) is 8.95 Å². The molecule has 0 spiro atoms. The molecule has 0 saturated carbocycles. The highest BCUT2D eigenvalue weighted by atomic mass is 79.9. The Morgan fingerprint density at radius 1 is 0.400 bits per heavy atom. The van der Waals surface area contributed by atoms with Crippen molar-refractivity contribution in [1.29, 1.82) is 0 Å². The normalized spacial score (nSPS) is 15.2. The molecule has 0 heterocycles. The van der Waals surface area contributed by atoms with E-state index in [1.807, 2.05) is 0 Å². The second-order valence-corrected chi connectivity index (χ2v) is 22.6. The number of rotatable bonds is 5. The highest BCUT2D eigenvalue weighted by molar-refractivity contribution is 9.10. The van der Waals surface area contributed by atoms with E-state index >= 15 is 0 Å². The predicted molar refractivity (Wildman–Crippen MR) is 143 cm³/mol. The predicted octanol–water partition coefficient (Wildman–Crippen LogP) is 5.38. The zero-order valence-electron chi connectivity index (χ0n) is 17.1. The van der Waals surface area contributed by atoms with Gasteiger partial charge in [-0.25, -0.2) is 0 Å². The summed E-state index contributed by atoms with van der Waals surface area (Å²) in [4.78, 5) is 0. The molecule has 4 heteroatoms. The van der Waals surface area contributed by atoms with Gasteiger partial charge < -0.3 is 0 Å². The van der Waals surface area contributed by atoms with Crippen LogP contribution in [0.1, 0.15) is 0 Å². The highest BCUT2D eigenvalue weighted by Gasteiger charge is 2.53. The van der Waals surface area contributed by atoms with Crippen LogP contribution in [0, 0.1) is 0 Å². The first-order valence-corrected chi connectivity index (χ1v) is 17.7. The first-order chi connectivity index (χ1) is 14.5. The largest absolute Gasteiger partial charge is 0.118 e. The molecule has 0 amide bonds. The van der Waals surface area contributed by atoms with Crippen LogP contribution in [0.2, 0.25) is 13.1 Å². The summed E-state index contributed by atoms with van der Waals surface area (Å²) in [5.74, 6) is 0. The average molecular weight is 552 g/mol. The van der Waals surface area contributed by atoms with Gasteiger partial charge in [0.1, 0.15) is 15.2 Å². The third-order valence-corrected chi connectivity index (χ3v) is 25.0. The van der Waals surface area contributed by atoms with Gasteiger partial charge in [0.25, 0.3) is 0 Å². The summed E-state index contributed by atoms with van der Waals surface area (Å²) < 4.78 is 2.25. The summed E-state index contributed by atoms with van der Waals surface area (Å²) in [6.07, 6.45) is 0. The fraction of sp³-hybridized carbons (Fsp3) is 0.0769. The van der Waals surface area contributed by atoms with E-state index in [-0.39, 0.29) is 0 Å². The molecule has 0 N–H and O–H groups in total. The minimum absolute atomic E-state index is 1.13. The van der Waals surface area contributed by atoms with Gasteiger partial charge in [-0.05, 0) is 24.3 Å². The van der Waals surface area contributed by atoms with Crippen LogP contribution in [0.25, 0.3) is 0 Å². The fourth-order valence-electron chi connectivity index (χ4n) is 4.60. The quantitative estimate of drug-likeness (QED) is 0.292. The van der Waals surface area contributed by atoms with E-state index in [0.717, 1.165) is 8.95 Å². The molecule has 4 aromatic carbocycles. The SMILES string of the molecule is C[Si](c1ccccc1)(c1ccc(Br)cc1)[Si](C)(c1ccccc1)c1ccc(Br)cc1. The van der Waals surface area contributed by atoms with Crippen molar-refractivity contribution in [2.45, 2.75) is 13.1 Å². The van der Waals surface area contributed by atoms with Gasteiger partial charge in [0.2, 0.25) is 0 Å². The van der Waals surface area contributed by atoms with Crippen LogP contribution in [0.4, 0.5) is 0 Å². The minimum atomic E-state index is -2.17. The molecule has 0 aliphatic heterocycles. The summed E-state index contributed by atoms with van der Waals surface area (Å²) in [5, 5.41) is 5.96. The Kier molecular flexibility index (Phi) is 6.30. The first kappa shape index (κ1) is 21.5. The molecule has 0 aromatic heterocycles. The van der Waals surface area contributed by atoms with Crippen molar-refractivity contribution in [2.24, 2.45) is 0 Å². The monoisotopic (exact) mass is 550 g/mol. The van der Waals surface area contributed by atoms with Crippen LogP contribution in [-0.4, -0.2) is 15.2 Å². The van der Waals surface area contributed by atoms with Crippen LogP contribution < -0.4 is 20.7 Å². The van der Waals surface area contributed by atoms with Crippen molar-refractivity contribution in [3.63, 3.8) is 0 Å². The lowest BCUT2D eigenvalue weighted by Gasteiger charge is -2.45. The zero-order valence-corrected chi connectivity index (χ0v) is 22.3. The highest BCUT2D eigenvalue weighted by Crippen LogP contribution is 2.23. The molecule has 30 heavy (non-hydrogen) atoms. The van der Waals surface area contributed by atoms with Gasteiger partial charge >= 0.3 is 0 Å². The topological polar surface area (TPSA) is 0 Å².